The van der Waals surface area contributed by atoms with Gasteiger partial charge in [-0.25, -0.2) is 0 Å². The topological polar surface area (TPSA) is 46.5 Å². The van der Waals surface area contributed by atoms with E-state index in [4.69, 9.17) is 4.74 Å². The van der Waals surface area contributed by atoms with Crippen molar-refractivity contribution in [3.05, 3.63) is 42.0 Å². The first kappa shape index (κ1) is 19.2. The quantitative estimate of drug-likeness (QED) is 0.587. The third-order valence-corrected chi connectivity index (χ3v) is 5.93. The van der Waals surface area contributed by atoms with E-state index in [0.29, 0.717) is 18.3 Å². The molecule has 2 fully saturated rings. The fraction of sp³-hybridized carbons (Fsp3) is 0.609. The van der Waals surface area contributed by atoms with E-state index in [1.165, 1.54) is 18.4 Å². The largest absolute Gasteiger partial charge is 0.460 e. The molecule has 1 N–H and O–H groups in total. The Morgan fingerprint density at radius 3 is 2.58 bits per heavy atom. The number of rotatable bonds is 5. The molecule has 2 aliphatic rings. The zero-order chi connectivity index (χ0) is 18.2. The predicted molar refractivity (Wildman–Crippen MR) is 105 cm³/mol. The Labute approximate surface area is 157 Å². The molecule has 0 aromatic heterocycles. The van der Waals surface area contributed by atoms with E-state index in [1.807, 2.05) is 18.2 Å². The van der Waals surface area contributed by atoms with Crippen LogP contribution in [-0.4, -0.2) is 23.3 Å². The zero-order valence-corrected chi connectivity index (χ0v) is 15.7. The van der Waals surface area contributed by atoms with Crippen molar-refractivity contribution in [2.45, 2.75) is 76.4 Å². The lowest BCUT2D eigenvalue weighted by atomic mass is 9.77. The zero-order valence-electron chi connectivity index (χ0n) is 15.7. The van der Waals surface area contributed by atoms with Gasteiger partial charge in [0.2, 0.25) is 0 Å². The van der Waals surface area contributed by atoms with Crippen molar-refractivity contribution in [3.8, 4) is 0 Å². The molecule has 4 atom stereocenters. The summed E-state index contributed by atoms with van der Waals surface area (Å²) in [4.78, 5) is 12.5. The van der Waals surface area contributed by atoms with Crippen LogP contribution in [0.25, 0.3) is 6.08 Å². The van der Waals surface area contributed by atoms with Gasteiger partial charge in [-0.3, -0.25) is 4.79 Å². The minimum absolute atomic E-state index is 0.124. The van der Waals surface area contributed by atoms with Gasteiger partial charge in [0.25, 0.3) is 0 Å². The van der Waals surface area contributed by atoms with Crippen molar-refractivity contribution >= 4 is 12.0 Å². The number of ether oxygens (including phenoxy) is 1. The van der Waals surface area contributed by atoms with Crippen LogP contribution < -0.4 is 0 Å². The average Bonchev–Trinajstić information content (AvgIpc) is 2.86. The fourth-order valence-electron chi connectivity index (χ4n) is 4.36. The van der Waals surface area contributed by atoms with Crippen LogP contribution in [0.15, 0.2) is 36.4 Å². The van der Waals surface area contributed by atoms with E-state index in [1.54, 1.807) is 0 Å². The molecule has 2 saturated carbocycles. The molecule has 1 aromatic rings. The number of aliphatic hydroxyl groups is 1. The lowest BCUT2D eigenvalue weighted by Crippen LogP contribution is -2.31. The lowest BCUT2D eigenvalue weighted by Gasteiger charge is -2.30. The van der Waals surface area contributed by atoms with Gasteiger partial charge in [-0.05, 0) is 49.5 Å². The Hall–Kier alpha value is -1.61. The molecule has 3 rings (SSSR count). The number of hydrogen-bond acceptors (Lipinski definition) is 3. The summed E-state index contributed by atoms with van der Waals surface area (Å²) >= 11 is 0. The average molecular weight is 357 g/mol. The molecule has 0 spiro atoms. The van der Waals surface area contributed by atoms with Crippen LogP contribution in [0.4, 0.5) is 0 Å². The van der Waals surface area contributed by atoms with Crippen LogP contribution in [0, 0.1) is 11.8 Å². The first-order valence-electron chi connectivity index (χ1n) is 10.3. The molecule has 0 bridgehead atoms. The molecule has 142 valence electrons. The predicted octanol–water partition coefficient (Wildman–Crippen LogP) is 5.13. The van der Waals surface area contributed by atoms with Gasteiger partial charge in [-0.1, -0.05) is 68.2 Å². The van der Waals surface area contributed by atoms with Crippen molar-refractivity contribution in [1.29, 1.82) is 0 Å². The maximum Gasteiger partial charge on any atom is 0.306 e. The maximum atomic E-state index is 12.5. The molecule has 0 unspecified atom stereocenters. The van der Waals surface area contributed by atoms with Crippen molar-refractivity contribution in [2.75, 3.05) is 0 Å². The number of hydrogen-bond donors (Lipinski definition) is 1. The van der Waals surface area contributed by atoms with Crippen LogP contribution in [-0.2, 0) is 9.53 Å². The molecule has 1 aromatic carbocycles. The van der Waals surface area contributed by atoms with Crippen LogP contribution in [0.2, 0.25) is 0 Å². The monoisotopic (exact) mass is 356 g/mol. The second-order valence-corrected chi connectivity index (χ2v) is 7.92. The molecule has 0 amide bonds. The molecule has 0 aliphatic heterocycles. The van der Waals surface area contributed by atoms with Gasteiger partial charge in [-0.2, -0.15) is 0 Å². The highest BCUT2D eigenvalue weighted by molar-refractivity contribution is 5.70. The summed E-state index contributed by atoms with van der Waals surface area (Å²) in [6.45, 7) is 0. The minimum atomic E-state index is -0.485. The number of benzene rings is 1. The van der Waals surface area contributed by atoms with E-state index < -0.39 is 6.10 Å². The van der Waals surface area contributed by atoms with Gasteiger partial charge in [0.15, 0.2) is 0 Å². The summed E-state index contributed by atoms with van der Waals surface area (Å²) in [5.74, 6) is 0.677. The summed E-state index contributed by atoms with van der Waals surface area (Å²) < 4.78 is 5.68. The van der Waals surface area contributed by atoms with Crippen LogP contribution in [0.3, 0.4) is 0 Å². The van der Waals surface area contributed by atoms with Crippen LogP contribution >= 0.6 is 0 Å². The molecular weight excluding hydrogens is 324 g/mol. The second-order valence-electron chi connectivity index (χ2n) is 7.92. The molecule has 26 heavy (non-hydrogen) atoms. The summed E-state index contributed by atoms with van der Waals surface area (Å²) in [5.41, 5.74) is 1.21. The molecule has 0 radical (unpaired) electrons. The molecule has 2 aliphatic carbocycles. The summed E-state index contributed by atoms with van der Waals surface area (Å²) in [5, 5.41) is 10.2. The van der Waals surface area contributed by atoms with E-state index in [9.17, 15) is 9.90 Å². The van der Waals surface area contributed by atoms with Crippen molar-refractivity contribution < 1.29 is 14.6 Å². The Bertz CT molecular complexity index is 580. The van der Waals surface area contributed by atoms with Gasteiger partial charge < -0.3 is 9.84 Å². The molecule has 0 heterocycles. The third-order valence-electron chi connectivity index (χ3n) is 5.93. The Balaban J connectivity index is 1.55. The van der Waals surface area contributed by atoms with Crippen molar-refractivity contribution in [1.82, 2.24) is 0 Å². The fourth-order valence-corrected chi connectivity index (χ4v) is 4.36. The normalized spacial score (nSPS) is 30.0. The van der Waals surface area contributed by atoms with Crippen molar-refractivity contribution in [3.63, 3.8) is 0 Å². The Kier molecular flexibility index (Phi) is 7.31. The van der Waals surface area contributed by atoms with E-state index in [-0.39, 0.29) is 12.1 Å². The number of esters is 1. The van der Waals surface area contributed by atoms with E-state index in [0.717, 1.165) is 44.9 Å². The summed E-state index contributed by atoms with van der Waals surface area (Å²) in [7, 11) is 0. The summed E-state index contributed by atoms with van der Waals surface area (Å²) in [6.07, 6.45) is 13.6. The van der Waals surface area contributed by atoms with Gasteiger partial charge >= 0.3 is 5.97 Å². The van der Waals surface area contributed by atoms with Gasteiger partial charge in [0.1, 0.15) is 6.10 Å². The van der Waals surface area contributed by atoms with Gasteiger partial charge in [0.05, 0.1) is 6.10 Å². The van der Waals surface area contributed by atoms with Gasteiger partial charge in [0, 0.05) is 6.42 Å². The maximum absolute atomic E-state index is 12.5. The first-order chi connectivity index (χ1) is 12.7. The SMILES string of the molecule is O=C(C[C@@H]1CCCC[C@@H]1/C=C/c1ccccc1)O[C@H]1CCCCC[C@@H]1O. The summed E-state index contributed by atoms with van der Waals surface area (Å²) in [6, 6.07) is 10.3. The molecular formula is C23H32O3. The van der Waals surface area contributed by atoms with Crippen LogP contribution in [0.1, 0.15) is 69.8 Å². The van der Waals surface area contributed by atoms with E-state index >= 15 is 0 Å². The first-order valence-corrected chi connectivity index (χ1v) is 10.3. The smallest absolute Gasteiger partial charge is 0.306 e. The molecule has 0 saturated heterocycles. The number of allylic oxidation sites excluding steroid dienone is 1. The van der Waals surface area contributed by atoms with E-state index in [2.05, 4.69) is 24.3 Å². The Morgan fingerprint density at radius 1 is 1.00 bits per heavy atom. The lowest BCUT2D eigenvalue weighted by molar-refractivity contribution is -0.157. The second kappa shape index (κ2) is 9.91. The molecule has 3 nitrogen and oxygen atoms in total. The minimum Gasteiger partial charge on any atom is -0.460 e. The number of carbonyl (C=O) groups excluding carboxylic acids is 1. The highest BCUT2D eigenvalue weighted by atomic mass is 16.6. The highest BCUT2D eigenvalue weighted by Crippen LogP contribution is 2.34. The standard InChI is InChI=1S/C23H32O3/c24-21-13-5-2-6-14-22(21)26-23(25)17-20-12-8-7-11-19(20)16-15-18-9-3-1-4-10-18/h1,3-4,9-10,15-16,19-22,24H,2,5-8,11-14,17H2/b16-15+/t19-,20+,21+,22+/m1/s1. The van der Waals surface area contributed by atoms with Crippen molar-refractivity contribution in [2.24, 2.45) is 11.8 Å². The highest BCUT2D eigenvalue weighted by Gasteiger charge is 2.29. The molecule has 3 heteroatoms. The number of aliphatic hydroxyl groups excluding tert-OH is 1. The van der Waals surface area contributed by atoms with Crippen LogP contribution in [0.5, 0.6) is 0 Å². The number of carbonyl (C=O) groups is 1. The third kappa shape index (κ3) is 5.70. The Morgan fingerprint density at radius 2 is 1.73 bits per heavy atom. The van der Waals surface area contributed by atoms with Gasteiger partial charge in [-0.15, -0.1) is 0 Å².